The summed E-state index contributed by atoms with van der Waals surface area (Å²) in [6.45, 7) is 1.69. The van der Waals surface area contributed by atoms with Crippen molar-refractivity contribution in [1.29, 1.82) is 0 Å². The molecule has 5 heteroatoms. The molecule has 0 spiro atoms. The lowest BCUT2D eigenvalue weighted by Gasteiger charge is -2.38. The molecular formula is C11H19NO3S. The molecule has 0 radical (unpaired) electrons. The molecule has 1 saturated heterocycles. The molecule has 1 heterocycles. The summed E-state index contributed by atoms with van der Waals surface area (Å²) < 4.78 is 9.94. The van der Waals surface area contributed by atoms with Crippen molar-refractivity contribution in [3.05, 3.63) is 0 Å². The van der Waals surface area contributed by atoms with E-state index in [1.165, 1.54) is 7.11 Å². The third-order valence-corrected chi connectivity index (χ3v) is 4.77. The SMILES string of the molecule is COC(=O)C1(N)CCCC(SC2COC2)C1. The van der Waals surface area contributed by atoms with Gasteiger partial charge in [-0.1, -0.05) is 0 Å². The van der Waals surface area contributed by atoms with Gasteiger partial charge in [0.15, 0.2) is 0 Å². The Morgan fingerprint density at radius 2 is 2.25 bits per heavy atom. The van der Waals surface area contributed by atoms with E-state index in [-0.39, 0.29) is 5.97 Å². The largest absolute Gasteiger partial charge is 0.468 e. The molecule has 0 amide bonds. The van der Waals surface area contributed by atoms with Crippen LogP contribution in [0.2, 0.25) is 0 Å². The van der Waals surface area contributed by atoms with Crippen LogP contribution in [-0.2, 0) is 14.3 Å². The van der Waals surface area contributed by atoms with Crippen molar-refractivity contribution in [3.8, 4) is 0 Å². The highest BCUT2D eigenvalue weighted by atomic mass is 32.2. The number of thioether (sulfide) groups is 1. The van der Waals surface area contributed by atoms with Crippen LogP contribution < -0.4 is 5.73 Å². The van der Waals surface area contributed by atoms with E-state index < -0.39 is 5.54 Å². The molecule has 0 aromatic rings. The van der Waals surface area contributed by atoms with Crippen LogP contribution in [0.1, 0.15) is 25.7 Å². The number of ether oxygens (including phenoxy) is 2. The van der Waals surface area contributed by atoms with Crippen LogP contribution in [0.4, 0.5) is 0 Å². The van der Waals surface area contributed by atoms with E-state index in [0.717, 1.165) is 38.9 Å². The minimum absolute atomic E-state index is 0.261. The van der Waals surface area contributed by atoms with E-state index in [1.54, 1.807) is 0 Å². The topological polar surface area (TPSA) is 61.5 Å². The molecule has 0 bridgehead atoms. The van der Waals surface area contributed by atoms with Crippen LogP contribution in [0.5, 0.6) is 0 Å². The Kier molecular flexibility index (Phi) is 3.77. The predicted octanol–water partition coefficient (Wildman–Crippen LogP) is 0.931. The zero-order chi connectivity index (χ0) is 11.6. The fraction of sp³-hybridized carbons (Fsp3) is 0.909. The van der Waals surface area contributed by atoms with Crippen molar-refractivity contribution in [2.75, 3.05) is 20.3 Å². The number of hydrogen-bond donors (Lipinski definition) is 1. The van der Waals surface area contributed by atoms with Crippen molar-refractivity contribution in [2.45, 2.75) is 41.7 Å². The first kappa shape index (κ1) is 12.2. The highest BCUT2D eigenvalue weighted by molar-refractivity contribution is 8.00. The molecule has 0 aromatic heterocycles. The first-order valence-corrected chi connectivity index (χ1v) is 6.69. The number of carbonyl (C=O) groups is 1. The first-order chi connectivity index (χ1) is 7.64. The van der Waals surface area contributed by atoms with Crippen LogP contribution in [0.25, 0.3) is 0 Å². The summed E-state index contributed by atoms with van der Waals surface area (Å²) in [4.78, 5) is 11.6. The average Bonchev–Trinajstić information content (AvgIpc) is 2.22. The van der Waals surface area contributed by atoms with E-state index in [1.807, 2.05) is 11.8 Å². The normalized spacial score (nSPS) is 35.5. The summed E-state index contributed by atoms with van der Waals surface area (Å²) in [5.74, 6) is -0.261. The van der Waals surface area contributed by atoms with Gasteiger partial charge < -0.3 is 15.2 Å². The summed E-state index contributed by atoms with van der Waals surface area (Å²) in [6.07, 6.45) is 3.65. The number of esters is 1. The van der Waals surface area contributed by atoms with Gasteiger partial charge in [0.25, 0.3) is 0 Å². The van der Waals surface area contributed by atoms with Gasteiger partial charge in [0.2, 0.25) is 0 Å². The monoisotopic (exact) mass is 245 g/mol. The van der Waals surface area contributed by atoms with Gasteiger partial charge in [-0.3, -0.25) is 4.79 Å². The lowest BCUT2D eigenvalue weighted by molar-refractivity contribution is -0.148. The van der Waals surface area contributed by atoms with E-state index >= 15 is 0 Å². The highest BCUT2D eigenvalue weighted by Gasteiger charge is 2.41. The van der Waals surface area contributed by atoms with E-state index in [4.69, 9.17) is 15.2 Å². The Morgan fingerprint density at radius 3 is 2.81 bits per heavy atom. The zero-order valence-electron chi connectivity index (χ0n) is 9.61. The summed E-state index contributed by atoms with van der Waals surface area (Å²) in [5, 5.41) is 1.08. The maximum absolute atomic E-state index is 11.6. The van der Waals surface area contributed by atoms with Gasteiger partial charge in [0.1, 0.15) is 5.54 Å². The van der Waals surface area contributed by atoms with Gasteiger partial charge in [-0.05, 0) is 25.7 Å². The summed E-state index contributed by atoms with van der Waals surface area (Å²) in [7, 11) is 1.41. The molecule has 1 aliphatic heterocycles. The van der Waals surface area contributed by atoms with Gasteiger partial charge in [-0.15, -0.1) is 0 Å². The standard InChI is InChI=1S/C11H19NO3S/c1-14-10(13)11(12)4-2-3-8(5-11)16-9-6-15-7-9/h8-9H,2-7,12H2,1H3. The highest BCUT2D eigenvalue weighted by Crippen LogP contribution is 2.37. The third-order valence-electron chi connectivity index (χ3n) is 3.33. The molecule has 2 unspecified atom stereocenters. The van der Waals surface area contributed by atoms with Gasteiger partial charge in [-0.2, -0.15) is 11.8 Å². The molecule has 1 aliphatic carbocycles. The molecule has 1 saturated carbocycles. The second-order valence-electron chi connectivity index (χ2n) is 4.66. The summed E-state index contributed by atoms with van der Waals surface area (Å²) in [6, 6.07) is 0. The van der Waals surface area contributed by atoms with Crippen LogP contribution >= 0.6 is 11.8 Å². The van der Waals surface area contributed by atoms with Gasteiger partial charge in [-0.25, -0.2) is 0 Å². The van der Waals surface area contributed by atoms with Crippen LogP contribution in [0.3, 0.4) is 0 Å². The number of hydrogen-bond acceptors (Lipinski definition) is 5. The fourth-order valence-corrected chi connectivity index (χ4v) is 3.92. The number of methoxy groups -OCH3 is 1. The lowest BCUT2D eigenvalue weighted by atomic mass is 9.82. The Bertz CT molecular complexity index is 270. The second kappa shape index (κ2) is 4.94. The molecule has 4 nitrogen and oxygen atoms in total. The molecule has 2 aliphatic rings. The quantitative estimate of drug-likeness (QED) is 0.750. The molecular weight excluding hydrogens is 226 g/mol. The average molecular weight is 245 g/mol. The van der Waals surface area contributed by atoms with Crippen LogP contribution in [0.15, 0.2) is 0 Å². The number of rotatable bonds is 3. The molecule has 2 rings (SSSR count). The Hall–Kier alpha value is -0.260. The molecule has 2 fully saturated rings. The third kappa shape index (κ3) is 2.52. The second-order valence-corrected chi connectivity index (χ2v) is 6.27. The van der Waals surface area contributed by atoms with Gasteiger partial charge in [0, 0.05) is 5.25 Å². The maximum Gasteiger partial charge on any atom is 0.325 e. The lowest BCUT2D eigenvalue weighted by Crippen LogP contribution is -2.53. The maximum atomic E-state index is 11.6. The molecule has 16 heavy (non-hydrogen) atoms. The summed E-state index contributed by atoms with van der Waals surface area (Å²) >= 11 is 1.92. The smallest absolute Gasteiger partial charge is 0.325 e. The van der Waals surface area contributed by atoms with E-state index in [0.29, 0.717) is 10.5 Å². The van der Waals surface area contributed by atoms with Crippen molar-refractivity contribution < 1.29 is 14.3 Å². The van der Waals surface area contributed by atoms with Crippen molar-refractivity contribution in [2.24, 2.45) is 5.73 Å². The van der Waals surface area contributed by atoms with Gasteiger partial charge >= 0.3 is 5.97 Å². The van der Waals surface area contributed by atoms with Crippen LogP contribution in [0, 0.1) is 0 Å². The molecule has 92 valence electrons. The fourth-order valence-electron chi connectivity index (χ4n) is 2.33. The Balaban J connectivity index is 1.89. The van der Waals surface area contributed by atoms with Crippen molar-refractivity contribution >= 4 is 17.7 Å². The van der Waals surface area contributed by atoms with Crippen LogP contribution in [-0.4, -0.2) is 42.3 Å². The predicted molar refractivity (Wildman–Crippen MR) is 63.4 cm³/mol. The molecule has 2 atom stereocenters. The Morgan fingerprint density at radius 1 is 1.50 bits per heavy atom. The molecule has 2 N–H and O–H groups in total. The molecule has 0 aromatic carbocycles. The minimum Gasteiger partial charge on any atom is -0.468 e. The number of nitrogens with two attached hydrogens (primary N) is 1. The van der Waals surface area contributed by atoms with Crippen molar-refractivity contribution in [3.63, 3.8) is 0 Å². The van der Waals surface area contributed by atoms with E-state index in [9.17, 15) is 4.79 Å². The van der Waals surface area contributed by atoms with E-state index in [2.05, 4.69) is 0 Å². The number of carbonyl (C=O) groups excluding carboxylic acids is 1. The van der Waals surface area contributed by atoms with Crippen molar-refractivity contribution in [1.82, 2.24) is 0 Å². The summed E-state index contributed by atoms with van der Waals surface area (Å²) in [5.41, 5.74) is 5.36. The Labute approximate surface area is 100 Å². The first-order valence-electron chi connectivity index (χ1n) is 5.74. The minimum atomic E-state index is -0.755. The van der Waals surface area contributed by atoms with Gasteiger partial charge in [0.05, 0.1) is 25.6 Å². The zero-order valence-corrected chi connectivity index (χ0v) is 10.4.